The van der Waals surface area contributed by atoms with E-state index in [0.717, 1.165) is 36.8 Å². The summed E-state index contributed by atoms with van der Waals surface area (Å²) >= 11 is 0. The van der Waals surface area contributed by atoms with E-state index in [9.17, 15) is 9.59 Å². The third-order valence-corrected chi connectivity index (χ3v) is 6.57. The van der Waals surface area contributed by atoms with Crippen LogP contribution < -0.4 is 14.8 Å². The van der Waals surface area contributed by atoms with E-state index in [4.69, 9.17) is 9.47 Å². The predicted molar refractivity (Wildman–Crippen MR) is 139 cm³/mol. The number of carbonyl (C=O) groups excluding carboxylic acids is 2. The molecular weight excluding hydrogens is 452 g/mol. The molecule has 0 bridgehead atoms. The summed E-state index contributed by atoms with van der Waals surface area (Å²) in [6, 6.07) is 20.8. The highest BCUT2D eigenvalue weighted by Crippen LogP contribution is 2.37. The van der Waals surface area contributed by atoms with Crippen LogP contribution in [0.5, 0.6) is 11.5 Å². The van der Waals surface area contributed by atoms with Crippen molar-refractivity contribution in [3.8, 4) is 11.5 Å². The van der Waals surface area contributed by atoms with E-state index in [1.54, 1.807) is 19.4 Å². The molecule has 1 aliphatic heterocycles. The molecule has 3 aromatic rings. The number of pyridine rings is 1. The smallest absolute Gasteiger partial charge is 0.254 e. The molecule has 1 saturated carbocycles. The van der Waals surface area contributed by atoms with Crippen molar-refractivity contribution in [1.82, 2.24) is 10.3 Å². The number of methoxy groups -OCH3 is 1. The largest absolute Gasteiger partial charge is 0.493 e. The van der Waals surface area contributed by atoms with Gasteiger partial charge in [0.1, 0.15) is 0 Å². The number of rotatable bonds is 7. The van der Waals surface area contributed by atoms with Gasteiger partial charge in [0.15, 0.2) is 11.5 Å². The molecule has 36 heavy (non-hydrogen) atoms. The fourth-order valence-electron chi connectivity index (χ4n) is 4.79. The normalized spacial score (nSPS) is 19.5. The molecule has 1 N–H and O–H groups in total. The third-order valence-electron chi connectivity index (χ3n) is 6.57. The molecule has 1 aromatic heterocycles. The van der Waals surface area contributed by atoms with E-state index >= 15 is 0 Å². The molecule has 2 heterocycles. The maximum atomic E-state index is 13.1. The highest BCUT2D eigenvalue weighted by atomic mass is 16.5. The van der Waals surface area contributed by atoms with Crippen molar-refractivity contribution in [2.24, 2.45) is 5.92 Å². The van der Waals surface area contributed by atoms with E-state index < -0.39 is 11.8 Å². The number of nitrogens with zero attached hydrogens (tertiary/aromatic N) is 1. The van der Waals surface area contributed by atoms with Gasteiger partial charge in [0.25, 0.3) is 5.91 Å². The molecule has 0 spiro atoms. The van der Waals surface area contributed by atoms with Crippen molar-refractivity contribution < 1.29 is 19.1 Å². The highest BCUT2D eigenvalue weighted by molar-refractivity contribution is 6.22. The predicted octanol–water partition coefficient (Wildman–Crippen LogP) is 5.31. The number of nitrogens with one attached hydrogen (secondary N) is 1. The van der Waals surface area contributed by atoms with Crippen LogP contribution in [0.15, 0.2) is 78.5 Å². The van der Waals surface area contributed by atoms with Gasteiger partial charge in [0.2, 0.25) is 5.91 Å². The molecule has 5 rings (SSSR count). The summed E-state index contributed by atoms with van der Waals surface area (Å²) in [6.07, 6.45) is 9.87. The molecule has 2 fully saturated rings. The summed E-state index contributed by atoms with van der Waals surface area (Å²) in [5.41, 5.74) is 3.34. The van der Waals surface area contributed by atoms with Crippen LogP contribution in [0, 0.1) is 5.92 Å². The van der Waals surface area contributed by atoms with Gasteiger partial charge in [-0.1, -0.05) is 42.5 Å². The Morgan fingerprint density at radius 1 is 0.944 bits per heavy atom. The van der Waals surface area contributed by atoms with E-state index in [2.05, 4.69) is 10.3 Å². The third kappa shape index (κ3) is 5.08. The molecular formula is C30H28N2O4. The van der Waals surface area contributed by atoms with Gasteiger partial charge in [-0.05, 0) is 78.8 Å². The molecule has 6 heteroatoms. The van der Waals surface area contributed by atoms with Crippen LogP contribution in [0.25, 0.3) is 17.7 Å². The van der Waals surface area contributed by atoms with Gasteiger partial charge in [-0.3, -0.25) is 19.9 Å². The van der Waals surface area contributed by atoms with Gasteiger partial charge in [-0.25, -0.2) is 0 Å². The number of hydrogen-bond acceptors (Lipinski definition) is 5. The van der Waals surface area contributed by atoms with Crippen molar-refractivity contribution in [3.05, 3.63) is 95.3 Å². The molecule has 1 atom stereocenters. The number of imide groups is 1. The van der Waals surface area contributed by atoms with Crippen LogP contribution in [0.3, 0.4) is 0 Å². The van der Waals surface area contributed by atoms with Crippen LogP contribution in [0.4, 0.5) is 0 Å². The number of hydrogen-bond donors (Lipinski definition) is 1. The second kappa shape index (κ2) is 10.6. The van der Waals surface area contributed by atoms with Crippen LogP contribution in [0.2, 0.25) is 0 Å². The highest BCUT2D eigenvalue weighted by Gasteiger charge is 2.39. The van der Waals surface area contributed by atoms with E-state index in [1.807, 2.05) is 72.8 Å². The van der Waals surface area contributed by atoms with Crippen LogP contribution in [-0.4, -0.2) is 30.0 Å². The van der Waals surface area contributed by atoms with Crippen molar-refractivity contribution in [2.75, 3.05) is 7.11 Å². The quantitative estimate of drug-likeness (QED) is 0.366. The Kier molecular flexibility index (Phi) is 6.94. The summed E-state index contributed by atoms with van der Waals surface area (Å²) in [7, 11) is 1.61. The molecule has 2 aromatic carbocycles. The number of aromatic nitrogens is 1. The molecule has 0 radical (unpaired) electrons. The van der Waals surface area contributed by atoms with Gasteiger partial charge in [0, 0.05) is 11.8 Å². The lowest BCUT2D eigenvalue weighted by molar-refractivity contribution is -0.125. The first-order valence-corrected chi connectivity index (χ1v) is 12.2. The zero-order valence-corrected chi connectivity index (χ0v) is 20.1. The van der Waals surface area contributed by atoms with Gasteiger partial charge < -0.3 is 9.47 Å². The average molecular weight is 481 g/mol. The van der Waals surface area contributed by atoms with Gasteiger partial charge in [0.05, 0.1) is 24.8 Å². The van der Waals surface area contributed by atoms with Crippen molar-refractivity contribution in [1.29, 1.82) is 0 Å². The van der Waals surface area contributed by atoms with E-state index in [1.165, 1.54) is 0 Å². The fraction of sp³-hybridized carbons (Fsp3) is 0.233. The molecule has 1 unspecified atom stereocenters. The van der Waals surface area contributed by atoms with Gasteiger partial charge in [-0.15, -0.1) is 0 Å². The molecule has 6 nitrogen and oxygen atoms in total. The summed E-state index contributed by atoms with van der Waals surface area (Å²) in [5, 5.41) is 2.50. The van der Waals surface area contributed by atoms with Crippen molar-refractivity contribution >= 4 is 29.5 Å². The minimum Gasteiger partial charge on any atom is -0.493 e. The van der Waals surface area contributed by atoms with Gasteiger partial charge in [-0.2, -0.15) is 0 Å². The monoisotopic (exact) mass is 480 g/mol. The second-order valence-corrected chi connectivity index (χ2v) is 9.01. The first-order valence-electron chi connectivity index (χ1n) is 12.2. The van der Waals surface area contributed by atoms with Crippen LogP contribution >= 0.6 is 0 Å². The first kappa shape index (κ1) is 23.5. The number of benzene rings is 2. The lowest BCUT2D eigenvalue weighted by atomic mass is 9.87. The van der Waals surface area contributed by atoms with E-state index in [-0.39, 0.29) is 12.0 Å². The Morgan fingerprint density at radius 2 is 1.72 bits per heavy atom. The topological polar surface area (TPSA) is 77.5 Å². The lowest BCUT2D eigenvalue weighted by Crippen LogP contribution is -2.22. The molecule has 1 saturated heterocycles. The molecule has 182 valence electrons. The second-order valence-electron chi connectivity index (χ2n) is 9.01. The minimum absolute atomic E-state index is 0.162. The van der Waals surface area contributed by atoms with Crippen molar-refractivity contribution in [2.45, 2.75) is 31.8 Å². The zero-order valence-electron chi connectivity index (χ0n) is 20.1. The Bertz CT molecular complexity index is 1310. The lowest BCUT2D eigenvalue weighted by Gasteiger charge is -2.17. The summed E-state index contributed by atoms with van der Waals surface area (Å²) in [6.45, 7) is 0. The summed E-state index contributed by atoms with van der Waals surface area (Å²) in [5.74, 6) is -0.284. The molecule has 2 amide bonds. The first-order chi connectivity index (χ1) is 17.6. The standard InChI is InChI=1S/C30H28N2O4/c1-35-26-15-14-21(19-27(26)36-22-11-5-6-12-22)18-24-28(30(34)32-29(24)33)23(25-13-7-8-16-31-25)17-20-9-3-2-4-10-20/h2-4,7-10,13-19,22,28H,5-6,11-12H2,1H3,(H,32,33,34). The van der Waals surface area contributed by atoms with E-state index in [0.29, 0.717) is 28.3 Å². The number of amides is 2. The SMILES string of the molecule is COc1ccc(C=C2C(=O)NC(=O)C2C(=Cc2ccccc2)c2ccccn2)cc1OC1CCCC1. The van der Waals surface area contributed by atoms with Crippen LogP contribution in [-0.2, 0) is 9.59 Å². The Morgan fingerprint density at radius 3 is 2.44 bits per heavy atom. The average Bonchev–Trinajstić information content (AvgIpc) is 3.51. The Labute approximate surface area is 210 Å². The summed E-state index contributed by atoms with van der Waals surface area (Å²) < 4.78 is 11.7. The molecule has 1 aliphatic carbocycles. The zero-order chi connectivity index (χ0) is 24.9. The van der Waals surface area contributed by atoms with Gasteiger partial charge >= 0.3 is 0 Å². The Balaban J connectivity index is 1.56. The maximum Gasteiger partial charge on any atom is 0.254 e. The van der Waals surface area contributed by atoms with Crippen molar-refractivity contribution in [3.63, 3.8) is 0 Å². The number of carbonyl (C=O) groups is 2. The maximum absolute atomic E-state index is 13.1. The Hall–Kier alpha value is -4.19. The van der Waals surface area contributed by atoms with Crippen LogP contribution in [0.1, 0.15) is 42.5 Å². The fourth-order valence-corrected chi connectivity index (χ4v) is 4.79. The number of ether oxygens (including phenoxy) is 2. The molecule has 2 aliphatic rings. The summed E-state index contributed by atoms with van der Waals surface area (Å²) in [4.78, 5) is 30.6. The minimum atomic E-state index is -0.797.